The van der Waals surface area contributed by atoms with Gasteiger partial charge in [-0.2, -0.15) is 0 Å². The van der Waals surface area contributed by atoms with Crippen molar-refractivity contribution in [2.24, 2.45) is 0 Å². The number of aryl methyl sites for hydroxylation is 1. The normalized spacial score (nSPS) is 10.9. The SMILES string of the molecule is CCCNCc1cc(C)ccc1N(C)Cc1ccc(Cl)s1. The zero-order chi connectivity index (χ0) is 15.2. The largest absolute Gasteiger partial charge is 0.369 e. The summed E-state index contributed by atoms with van der Waals surface area (Å²) in [5.74, 6) is 0. The summed E-state index contributed by atoms with van der Waals surface area (Å²) in [6.07, 6.45) is 1.16. The lowest BCUT2D eigenvalue weighted by Gasteiger charge is -2.22. The van der Waals surface area contributed by atoms with Crippen LogP contribution in [0.1, 0.15) is 29.3 Å². The maximum Gasteiger partial charge on any atom is 0.0931 e. The van der Waals surface area contributed by atoms with E-state index >= 15 is 0 Å². The summed E-state index contributed by atoms with van der Waals surface area (Å²) in [6.45, 7) is 7.20. The van der Waals surface area contributed by atoms with Gasteiger partial charge in [0.25, 0.3) is 0 Å². The van der Waals surface area contributed by atoms with Gasteiger partial charge in [-0.3, -0.25) is 0 Å². The van der Waals surface area contributed by atoms with Crippen molar-refractivity contribution in [2.45, 2.75) is 33.4 Å². The van der Waals surface area contributed by atoms with Gasteiger partial charge in [0.1, 0.15) is 0 Å². The maximum absolute atomic E-state index is 6.02. The Bertz CT molecular complexity index is 580. The van der Waals surface area contributed by atoms with Crippen molar-refractivity contribution in [3.8, 4) is 0 Å². The van der Waals surface area contributed by atoms with Crippen molar-refractivity contribution >= 4 is 28.6 Å². The highest BCUT2D eigenvalue weighted by Gasteiger charge is 2.09. The standard InChI is InChI=1S/C17H23ClN2S/c1-4-9-19-11-14-10-13(2)5-7-16(14)20(3)12-15-6-8-17(18)21-15/h5-8,10,19H,4,9,11-12H2,1-3H3. The summed E-state index contributed by atoms with van der Waals surface area (Å²) in [6, 6.07) is 10.7. The van der Waals surface area contributed by atoms with E-state index in [-0.39, 0.29) is 0 Å². The summed E-state index contributed by atoms with van der Waals surface area (Å²) >= 11 is 7.67. The molecule has 0 radical (unpaired) electrons. The van der Waals surface area contributed by atoms with Crippen LogP contribution >= 0.6 is 22.9 Å². The molecule has 0 aliphatic carbocycles. The zero-order valence-corrected chi connectivity index (χ0v) is 14.5. The monoisotopic (exact) mass is 322 g/mol. The first-order chi connectivity index (χ1) is 10.1. The quantitative estimate of drug-likeness (QED) is 0.733. The second-order valence-electron chi connectivity index (χ2n) is 5.37. The Kier molecular flexibility index (Phi) is 6.09. The van der Waals surface area contributed by atoms with Crippen LogP contribution < -0.4 is 10.2 Å². The number of rotatable bonds is 7. The van der Waals surface area contributed by atoms with E-state index in [1.165, 1.54) is 21.7 Å². The molecule has 1 N–H and O–H groups in total. The van der Waals surface area contributed by atoms with Gasteiger partial charge in [0.2, 0.25) is 0 Å². The van der Waals surface area contributed by atoms with Crippen LogP contribution in [0.4, 0.5) is 5.69 Å². The third-order valence-corrected chi connectivity index (χ3v) is 4.63. The highest BCUT2D eigenvalue weighted by Crippen LogP contribution is 2.26. The van der Waals surface area contributed by atoms with Crippen molar-refractivity contribution in [1.82, 2.24) is 5.32 Å². The molecule has 114 valence electrons. The number of nitrogens with zero attached hydrogens (tertiary/aromatic N) is 1. The Hall–Kier alpha value is -1.03. The van der Waals surface area contributed by atoms with Crippen LogP contribution in [-0.2, 0) is 13.1 Å². The average molecular weight is 323 g/mol. The van der Waals surface area contributed by atoms with E-state index in [9.17, 15) is 0 Å². The first kappa shape index (κ1) is 16.3. The fourth-order valence-electron chi connectivity index (χ4n) is 2.38. The van der Waals surface area contributed by atoms with E-state index < -0.39 is 0 Å². The highest BCUT2D eigenvalue weighted by molar-refractivity contribution is 7.16. The third kappa shape index (κ3) is 4.73. The Balaban J connectivity index is 2.12. The van der Waals surface area contributed by atoms with Crippen LogP contribution in [0.3, 0.4) is 0 Å². The van der Waals surface area contributed by atoms with Crippen LogP contribution in [0.15, 0.2) is 30.3 Å². The minimum atomic E-state index is 0.854. The zero-order valence-electron chi connectivity index (χ0n) is 12.9. The minimum Gasteiger partial charge on any atom is -0.369 e. The van der Waals surface area contributed by atoms with Gasteiger partial charge in [-0.1, -0.05) is 36.2 Å². The number of benzene rings is 1. The molecule has 0 amide bonds. The molecule has 1 aromatic heterocycles. The molecular weight excluding hydrogens is 300 g/mol. The molecule has 1 heterocycles. The van der Waals surface area contributed by atoms with Gasteiger partial charge in [-0.15, -0.1) is 11.3 Å². The summed E-state index contributed by atoms with van der Waals surface area (Å²) in [5.41, 5.74) is 3.95. The van der Waals surface area contributed by atoms with Crippen molar-refractivity contribution in [3.63, 3.8) is 0 Å². The first-order valence-corrected chi connectivity index (χ1v) is 8.55. The minimum absolute atomic E-state index is 0.854. The van der Waals surface area contributed by atoms with Gasteiger partial charge in [-0.05, 0) is 43.7 Å². The van der Waals surface area contributed by atoms with Gasteiger partial charge in [-0.25, -0.2) is 0 Å². The number of anilines is 1. The second-order valence-corrected chi connectivity index (χ2v) is 7.17. The predicted molar refractivity (Wildman–Crippen MR) is 94.6 cm³/mol. The number of hydrogen-bond acceptors (Lipinski definition) is 3. The van der Waals surface area contributed by atoms with Gasteiger partial charge < -0.3 is 10.2 Å². The molecule has 0 fully saturated rings. The average Bonchev–Trinajstić information content (AvgIpc) is 2.84. The van der Waals surface area contributed by atoms with Crippen molar-refractivity contribution in [3.05, 3.63) is 50.7 Å². The molecule has 2 rings (SSSR count). The summed E-state index contributed by atoms with van der Waals surface area (Å²) in [7, 11) is 2.14. The first-order valence-electron chi connectivity index (χ1n) is 7.35. The van der Waals surface area contributed by atoms with E-state index in [2.05, 4.69) is 55.4 Å². The molecule has 2 nitrogen and oxygen atoms in total. The molecule has 4 heteroatoms. The van der Waals surface area contributed by atoms with E-state index in [1.54, 1.807) is 11.3 Å². The molecule has 0 aliphatic rings. The number of halogens is 1. The van der Waals surface area contributed by atoms with E-state index in [4.69, 9.17) is 11.6 Å². The molecule has 0 atom stereocenters. The molecule has 1 aromatic carbocycles. The molecule has 0 spiro atoms. The van der Waals surface area contributed by atoms with Crippen LogP contribution in [0.2, 0.25) is 4.34 Å². The van der Waals surface area contributed by atoms with Crippen molar-refractivity contribution in [2.75, 3.05) is 18.5 Å². The van der Waals surface area contributed by atoms with Gasteiger partial charge >= 0.3 is 0 Å². The summed E-state index contributed by atoms with van der Waals surface area (Å²) in [5, 5.41) is 3.50. The van der Waals surface area contributed by atoms with Gasteiger partial charge in [0.15, 0.2) is 0 Å². The van der Waals surface area contributed by atoms with E-state index in [0.29, 0.717) is 0 Å². The molecule has 0 aliphatic heterocycles. The Labute approximate surface area is 136 Å². The maximum atomic E-state index is 6.02. The number of hydrogen-bond donors (Lipinski definition) is 1. The van der Waals surface area contributed by atoms with Crippen molar-refractivity contribution in [1.29, 1.82) is 0 Å². The predicted octanol–water partition coefficient (Wildman–Crippen LogP) is 4.85. The molecule has 0 bridgehead atoms. The number of thiophene rings is 1. The lowest BCUT2D eigenvalue weighted by atomic mass is 10.1. The van der Waals surface area contributed by atoms with E-state index in [0.717, 1.165) is 30.4 Å². The molecule has 2 aromatic rings. The molecule has 0 saturated carbocycles. The Morgan fingerprint density at radius 2 is 2.05 bits per heavy atom. The third-order valence-electron chi connectivity index (χ3n) is 3.41. The summed E-state index contributed by atoms with van der Waals surface area (Å²) in [4.78, 5) is 3.58. The van der Waals surface area contributed by atoms with E-state index in [1.807, 2.05) is 6.07 Å². The smallest absolute Gasteiger partial charge is 0.0931 e. The number of nitrogens with one attached hydrogen (secondary N) is 1. The fraction of sp³-hybridized carbons (Fsp3) is 0.412. The molecule has 21 heavy (non-hydrogen) atoms. The Morgan fingerprint density at radius 1 is 1.24 bits per heavy atom. The molecule has 0 unspecified atom stereocenters. The van der Waals surface area contributed by atoms with Crippen LogP contribution in [0.25, 0.3) is 0 Å². The van der Waals surface area contributed by atoms with Gasteiger partial charge in [0.05, 0.1) is 10.9 Å². The lowest BCUT2D eigenvalue weighted by molar-refractivity contribution is 0.673. The summed E-state index contributed by atoms with van der Waals surface area (Å²) < 4.78 is 0.854. The van der Waals surface area contributed by atoms with Crippen LogP contribution in [0.5, 0.6) is 0 Å². The highest BCUT2D eigenvalue weighted by atomic mass is 35.5. The topological polar surface area (TPSA) is 15.3 Å². The molecular formula is C17H23ClN2S. The Morgan fingerprint density at radius 3 is 2.71 bits per heavy atom. The van der Waals surface area contributed by atoms with Crippen molar-refractivity contribution < 1.29 is 0 Å². The fourth-order valence-corrected chi connectivity index (χ4v) is 3.52. The van der Waals surface area contributed by atoms with Crippen LogP contribution in [-0.4, -0.2) is 13.6 Å². The van der Waals surface area contributed by atoms with Crippen LogP contribution in [0, 0.1) is 6.92 Å². The van der Waals surface area contributed by atoms with Gasteiger partial charge in [0, 0.05) is 24.2 Å². The second kappa shape index (κ2) is 7.83. The molecule has 0 saturated heterocycles. The lowest BCUT2D eigenvalue weighted by Crippen LogP contribution is -2.20.